The fourth-order valence-corrected chi connectivity index (χ4v) is 1.09. The van der Waals surface area contributed by atoms with Gasteiger partial charge in [0.25, 0.3) is 0 Å². The molecule has 0 saturated heterocycles. The molecule has 0 saturated carbocycles. The zero-order chi connectivity index (χ0) is 10.2. The van der Waals surface area contributed by atoms with E-state index in [0.717, 1.165) is 5.57 Å². The maximum atomic E-state index is 9.13. The summed E-state index contributed by atoms with van der Waals surface area (Å²) in [5.41, 5.74) is 0.942. The standard InChI is InChI=1S/C8H10O.C5H5.Fe/c1-2-8(9)7-5-3-4-6-7;1-2-4-5-3-1;/h3-6,9H,2H2,1H3;1-5H;/q;-1;. The van der Waals surface area contributed by atoms with Crippen molar-refractivity contribution in [1.29, 1.82) is 0 Å². The van der Waals surface area contributed by atoms with Crippen LogP contribution in [-0.2, 0) is 17.1 Å². The molecule has 0 radical (unpaired) electrons. The van der Waals surface area contributed by atoms with Crippen LogP contribution in [0.4, 0.5) is 0 Å². The monoisotopic (exact) mass is 243 g/mol. The first kappa shape index (κ1) is 13.9. The second-order valence-electron chi connectivity index (χ2n) is 2.94. The largest absolute Gasteiger partial charge is 0.512 e. The van der Waals surface area contributed by atoms with Crippen molar-refractivity contribution < 1.29 is 22.2 Å². The van der Waals surface area contributed by atoms with Crippen LogP contribution < -0.4 is 0 Å². The zero-order valence-electron chi connectivity index (χ0n) is 8.70. The third kappa shape index (κ3) is 5.36. The molecular formula is C13H15FeO-. The van der Waals surface area contributed by atoms with Crippen LogP contribution in [0.15, 0.2) is 66.0 Å². The molecule has 0 spiro atoms. The first-order chi connectivity index (χ1) is 6.84. The van der Waals surface area contributed by atoms with Crippen molar-refractivity contribution in [2.45, 2.75) is 13.3 Å². The average molecular weight is 243 g/mol. The first-order valence-electron chi connectivity index (χ1n) is 4.78. The minimum Gasteiger partial charge on any atom is -0.512 e. The van der Waals surface area contributed by atoms with E-state index in [9.17, 15) is 0 Å². The summed E-state index contributed by atoms with van der Waals surface area (Å²) in [6.07, 6.45) is 8.35. The number of allylic oxidation sites excluding steroid dienone is 6. The quantitative estimate of drug-likeness (QED) is 0.452. The maximum absolute atomic E-state index is 9.13. The Bertz CT molecular complexity index is 300. The van der Waals surface area contributed by atoms with Gasteiger partial charge in [-0.2, -0.15) is 18.2 Å². The Morgan fingerprint density at radius 3 is 2.07 bits per heavy atom. The predicted octanol–water partition coefficient (Wildman–Crippen LogP) is 3.74. The summed E-state index contributed by atoms with van der Waals surface area (Å²) < 4.78 is 0. The van der Waals surface area contributed by atoms with Gasteiger partial charge in [-0.05, 0) is 0 Å². The summed E-state index contributed by atoms with van der Waals surface area (Å²) in [5.74, 6) is 0.472. The minimum absolute atomic E-state index is 0. The van der Waals surface area contributed by atoms with Crippen LogP contribution in [0, 0.1) is 0 Å². The van der Waals surface area contributed by atoms with Crippen molar-refractivity contribution in [1.82, 2.24) is 0 Å². The van der Waals surface area contributed by atoms with Crippen LogP contribution in [0.5, 0.6) is 0 Å². The van der Waals surface area contributed by atoms with Crippen molar-refractivity contribution in [3.8, 4) is 0 Å². The molecule has 1 aliphatic carbocycles. The fourth-order valence-electron chi connectivity index (χ4n) is 1.09. The predicted molar refractivity (Wildman–Crippen MR) is 60.3 cm³/mol. The van der Waals surface area contributed by atoms with Gasteiger partial charge in [0.2, 0.25) is 0 Å². The summed E-state index contributed by atoms with van der Waals surface area (Å²) in [6, 6.07) is 10.0. The molecule has 0 fully saturated rings. The van der Waals surface area contributed by atoms with Crippen LogP contribution in [0.3, 0.4) is 0 Å². The van der Waals surface area contributed by atoms with Crippen LogP contribution >= 0.6 is 0 Å². The van der Waals surface area contributed by atoms with Crippen molar-refractivity contribution in [2.75, 3.05) is 0 Å². The van der Waals surface area contributed by atoms with E-state index in [1.165, 1.54) is 0 Å². The molecule has 82 valence electrons. The van der Waals surface area contributed by atoms with Gasteiger partial charge in [-0.15, -0.1) is 0 Å². The molecule has 1 aromatic rings. The Kier molecular flexibility index (Phi) is 7.61. The van der Waals surface area contributed by atoms with E-state index in [1.54, 1.807) is 0 Å². The molecule has 0 unspecified atom stereocenters. The molecule has 2 rings (SSSR count). The van der Waals surface area contributed by atoms with Crippen LogP contribution in [-0.4, -0.2) is 5.11 Å². The van der Waals surface area contributed by atoms with E-state index in [0.29, 0.717) is 12.2 Å². The van der Waals surface area contributed by atoms with Crippen LogP contribution in [0.1, 0.15) is 13.3 Å². The van der Waals surface area contributed by atoms with Crippen molar-refractivity contribution in [2.24, 2.45) is 0 Å². The van der Waals surface area contributed by atoms with Gasteiger partial charge >= 0.3 is 0 Å². The van der Waals surface area contributed by atoms with E-state index in [1.807, 2.05) is 61.6 Å². The fraction of sp³-hybridized carbons (Fsp3) is 0.154. The average Bonchev–Trinajstić information content (AvgIpc) is 2.91. The smallest absolute Gasteiger partial charge is 0.0991 e. The SMILES string of the molecule is CCC(O)=C1C=CC=C1.[Fe].c1cc[cH-]c1. The third-order valence-electron chi connectivity index (χ3n) is 1.89. The van der Waals surface area contributed by atoms with Gasteiger partial charge in [0.15, 0.2) is 0 Å². The molecule has 0 atom stereocenters. The summed E-state index contributed by atoms with van der Waals surface area (Å²) in [7, 11) is 0. The molecular weight excluding hydrogens is 228 g/mol. The second-order valence-corrected chi connectivity index (χ2v) is 2.94. The molecule has 1 N–H and O–H groups in total. The second kappa shape index (κ2) is 8.22. The molecule has 1 aromatic carbocycles. The zero-order valence-corrected chi connectivity index (χ0v) is 9.81. The molecule has 0 aliphatic heterocycles. The number of hydrogen-bond acceptors (Lipinski definition) is 1. The molecule has 0 bridgehead atoms. The van der Waals surface area contributed by atoms with Gasteiger partial charge in [0.1, 0.15) is 0 Å². The Hall–Kier alpha value is -1.11. The van der Waals surface area contributed by atoms with Crippen LogP contribution in [0.2, 0.25) is 0 Å². The van der Waals surface area contributed by atoms with E-state index < -0.39 is 0 Å². The third-order valence-corrected chi connectivity index (χ3v) is 1.89. The molecule has 1 nitrogen and oxygen atoms in total. The summed E-state index contributed by atoms with van der Waals surface area (Å²) >= 11 is 0. The van der Waals surface area contributed by atoms with Gasteiger partial charge in [-0.25, -0.2) is 12.1 Å². The number of aliphatic hydroxyl groups is 1. The van der Waals surface area contributed by atoms with Gasteiger partial charge < -0.3 is 5.11 Å². The Balaban J connectivity index is 0.000000280. The molecule has 15 heavy (non-hydrogen) atoms. The van der Waals surface area contributed by atoms with Crippen molar-refractivity contribution in [3.05, 3.63) is 66.0 Å². The van der Waals surface area contributed by atoms with Gasteiger partial charge in [0.05, 0.1) is 5.76 Å². The topological polar surface area (TPSA) is 20.2 Å². The van der Waals surface area contributed by atoms with E-state index >= 15 is 0 Å². The Morgan fingerprint density at radius 1 is 1.20 bits per heavy atom. The minimum atomic E-state index is 0. The van der Waals surface area contributed by atoms with Gasteiger partial charge in [0, 0.05) is 29.1 Å². The normalized spacial score (nSPS) is 11.7. The van der Waals surface area contributed by atoms with Gasteiger partial charge in [-0.1, -0.05) is 31.2 Å². The number of aliphatic hydroxyl groups excluding tert-OH is 1. The first-order valence-corrected chi connectivity index (χ1v) is 4.78. The maximum Gasteiger partial charge on any atom is 0.0991 e. The Morgan fingerprint density at radius 2 is 1.73 bits per heavy atom. The van der Waals surface area contributed by atoms with Crippen molar-refractivity contribution >= 4 is 0 Å². The molecule has 0 heterocycles. The number of rotatable bonds is 1. The Labute approximate surface area is 102 Å². The van der Waals surface area contributed by atoms with E-state index in [-0.39, 0.29) is 17.1 Å². The van der Waals surface area contributed by atoms with E-state index in [4.69, 9.17) is 5.11 Å². The molecule has 0 amide bonds. The molecule has 0 aromatic heterocycles. The summed E-state index contributed by atoms with van der Waals surface area (Å²) in [5, 5.41) is 9.13. The number of hydrogen-bond donors (Lipinski definition) is 1. The molecule has 2 heteroatoms. The van der Waals surface area contributed by atoms with Crippen LogP contribution in [0.25, 0.3) is 0 Å². The van der Waals surface area contributed by atoms with Gasteiger partial charge in [-0.3, -0.25) is 0 Å². The molecule has 1 aliphatic rings. The summed E-state index contributed by atoms with van der Waals surface area (Å²) in [4.78, 5) is 0. The summed E-state index contributed by atoms with van der Waals surface area (Å²) in [6.45, 7) is 1.93. The van der Waals surface area contributed by atoms with Crippen molar-refractivity contribution in [3.63, 3.8) is 0 Å². The van der Waals surface area contributed by atoms with E-state index in [2.05, 4.69) is 0 Å².